The van der Waals surface area contributed by atoms with Gasteiger partial charge in [-0.1, -0.05) is 158 Å². The minimum Gasteiger partial charge on any atom is -0.454 e. The summed E-state index contributed by atoms with van der Waals surface area (Å²) in [4.78, 5) is 10.2. The van der Waals surface area contributed by atoms with Gasteiger partial charge in [0.2, 0.25) is 0 Å². The number of aromatic nitrogens is 3. The van der Waals surface area contributed by atoms with E-state index in [4.69, 9.17) is 14.4 Å². The minimum atomic E-state index is 0.702. The maximum Gasteiger partial charge on any atom is 0.160 e. The lowest BCUT2D eigenvalue weighted by Crippen LogP contribution is -1.96. The first kappa shape index (κ1) is 30.9. The number of furan rings is 1. The number of para-hydroxylation sites is 2. The van der Waals surface area contributed by atoms with Crippen LogP contribution in [0.3, 0.4) is 0 Å². The van der Waals surface area contributed by atoms with Gasteiger partial charge in [0.25, 0.3) is 0 Å². The van der Waals surface area contributed by atoms with Crippen LogP contribution in [0.4, 0.5) is 0 Å². The largest absolute Gasteiger partial charge is 0.454 e. The van der Waals surface area contributed by atoms with Gasteiger partial charge in [-0.3, -0.25) is 0 Å². The van der Waals surface area contributed by atoms with Crippen LogP contribution in [-0.4, -0.2) is 14.5 Å². The van der Waals surface area contributed by atoms with E-state index in [1.54, 1.807) is 0 Å². The van der Waals surface area contributed by atoms with Crippen LogP contribution in [0.2, 0.25) is 0 Å². The number of hydrogen-bond donors (Lipinski definition) is 0. The Kier molecular flexibility index (Phi) is 6.60. The second-order valence-corrected chi connectivity index (χ2v) is 14.5. The first-order valence-electron chi connectivity index (χ1n) is 19.0. The van der Waals surface area contributed by atoms with E-state index in [0.717, 1.165) is 72.0 Å². The summed E-state index contributed by atoms with van der Waals surface area (Å²) in [6, 6.07) is 66.5. The van der Waals surface area contributed by atoms with Crippen molar-refractivity contribution in [1.82, 2.24) is 14.5 Å². The maximum atomic E-state index is 6.89. The molecule has 3 aromatic heterocycles. The standard InChI is InChI=1S/C52H31N3O/c1-2-15-33(16-3-1)48-41-24-8-10-26-44(41)53-52(54-48)36-19-12-17-34(30-36)35-18-13-20-37(31-35)55-49-38-21-5-4-14-32(38)28-29-43(49)46-39-22-6-7-23-40(39)47-42-25-9-11-27-45(42)56-51(47)50(46)55/h1-31H. The van der Waals surface area contributed by atoms with Crippen molar-refractivity contribution in [3.8, 4) is 39.5 Å². The van der Waals surface area contributed by atoms with Gasteiger partial charge < -0.3 is 8.98 Å². The van der Waals surface area contributed by atoms with Gasteiger partial charge in [-0.2, -0.15) is 0 Å². The van der Waals surface area contributed by atoms with Crippen molar-refractivity contribution in [3.05, 3.63) is 188 Å². The SMILES string of the molecule is c1ccc(-c2nc(-c3cccc(-c4cccc(-n5c6c7ccccc7ccc6c6c7ccccc7c7c8ccccc8oc7c65)c4)c3)nc3ccccc23)cc1. The van der Waals surface area contributed by atoms with Crippen molar-refractivity contribution >= 4 is 76.2 Å². The lowest BCUT2D eigenvalue weighted by atomic mass is 9.98. The van der Waals surface area contributed by atoms with E-state index in [2.05, 4.69) is 174 Å². The fraction of sp³-hybridized carbons (Fsp3) is 0. The van der Waals surface area contributed by atoms with Crippen LogP contribution in [-0.2, 0) is 0 Å². The van der Waals surface area contributed by atoms with E-state index in [-0.39, 0.29) is 0 Å². The fourth-order valence-corrected chi connectivity index (χ4v) is 8.88. The molecule has 0 amide bonds. The monoisotopic (exact) mass is 713 g/mol. The lowest BCUT2D eigenvalue weighted by molar-refractivity contribution is 0.671. The average molecular weight is 714 g/mol. The minimum absolute atomic E-state index is 0.702. The molecule has 0 aliphatic heterocycles. The van der Waals surface area contributed by atoms with Crippen molar-refractivity contribution in [3.63, 3.8) is 0 Å². The third-order valence-corrected chi connectivity index (χ3v) is 11.3. The molecule has 0 fully saturated rings. The molecule has 0 unspecified atom stereocenters. The Hall–Kier alpha value is -7.56. The molecule has 0 spiro atoms. The molecule has 0 saturated carbocycles. The van der Waals surface area contributed by atoms with Crippen LogP contribution >= 0.6 is 0 Å². The van der Waals surface area contributed by atoms with E-state index >= 15 is 0 Å². The summed E-state index contributed by atoms with van der Waals surface area (Å²) < 4.78 is 9.34. The highest BCUT2D eigenvalue weighted by molar-refractivity contribution is 6.36. The highest BCUT2D eigenvalue weighted by Gasteiger charge is 2.24. The van der Waals surface area contributed by atoms with Crippen LogP contribution in [0.1, 0.15) is 0 Å². The molecule has 0 aliphatic rings. The summed E-state index contributed by atoms with van der Waals surface area (Å²) in [6.07, 6.45) is 0. The Balaban J connectivity index is 1.12. The number of rotatable bonds is 4. The number of hydrogen-bond acceptors (Lipinski definition) is 3. The van der Waals surface area contributed by atoms with Gasteiger partial charge in [0, 0.05) is 49.1 Å². The zero-order valence-electron chi connectivity index (χ0n) is 30.1. The van der Waals surface area contributed by atoms with Crippen LogP contribution < -0.4 is 0 Å². The Morgan fingerprint density at radius 3 is 1.89 bits per heavy atom. The Labute approximate surface area is 321 Å². The molecular weight excluding hydrogens is 683 g/mol. The smallest absolute Gasteiger partial charge is 0.160 e. The molecule has 0 radical (unpaired) electrons. The van der Waals surface area contributed by atoms with Crippen molar-refractivity contribution in [2.75, 3.05) is 0 Å². The molecule has 0 atom stereocenters. The first-order chi connectivity index (χ1) is 27.8. The molecule has 4 nitrogen and oxygen atoms in total. The third kappa shape index (κ3) is 4.53. The third-order valence-electron chi connectivity index (χ3n) is 11.3. The molecule has 0 N–H and O–H groups in total. The van der Waals surface area contributed by atoms with Gasteiger partial charge >= 0.3 is 0 Å². The zero-order valence-corrected chi connectivity index (χ0v) is 30.1. The molecule has 3 heterocycles. The van der Waals surface area contributed by atoms with Gasteiger partial charge in [-0.25, -0.2) is 9.97 Å². The van der Waals surface area contributed by atoms with Crippen molar-refractivity contribution in [1.29, 1.82) is 0 Å². The predicted molar refractivity (Wildman–Crippen MR) is 232 cm³/mol. The topological polar surface area (TPSA) is 43.9 Å². The van der Waals surface area contributed by atoms with E-state index in [1.807, 2.05) is 18.2 Å². The first-order valence-corrected chi connectivity index (χ1v) is 19.0. The van der Waals surface area contributed by atoms with Crippen molar-refractivity contribution in [2.24, 2.45) is 0 Å². The molecular formula is C52H31N3O. The number of nitrogens with zero attached hydrogens (tertiary/aromatic N) is 3. The quantitative estimate of drug-likeness (QED) is 0.182. The van der Waals surface area contributed by atoms with Gasteiger partial charge in [0.15, 0.2) is 11.4 Å². The van der Waals surface area contributed by atoms with Crippen LogP contribution in [0.25, 0.3) is 116 Å². The average Bonchev–Trinajstić information content (AvgIpc) is 3.84. The van der Waals surface area contributed by atoms with E-state index < -0.39 is 0 Å². The predicted octanol–water partition coefficient (Wildman–Crippen LogP) is 13.9. The second-order valence-electron chi connectivity index (χ2n) is 14.5. The van der Waals surface area contributed by atoms with Gasteiger partial charge in [-0.15, -0.1) is 0 Å². The van der Waals surface area contributed by atoms with E-state index in [1.165, 1.54) is 37.8 Å². The van der Waals surface area contributed by atoms with Crippen molar-refractivity contribution in [2.45, 2.75) is 0 Å². The zero-order chi connectivity index (χ0) is 36.7. The highest BCUT2D eigenvalue weighted by atomic mass is 16.3. The fourth-order valence-electron chi connectivity index (χ4n) is 8.88. The molecule has 0 saturated heterocycles. The molecule has 0 aliphatic carbocycles. The molecule has 0 bridgehead atoms. The molecule has 12 rings (SSSR count). The lowest BCUT2D eigenvalue weighted by Gasteiger charge is -2.13. The molecule has 56 heavy (non-hydrogen) atoms. The normalized spacial score (nSPS) is 11.9. The van der Waals surface area contributed by atoms with E-state index in [9.17, 15) is 0 Å². The molecule has 9 aromatic carbocycles. The van der Waals surface area contributed by atoms with Crippen molar-refractivity contribution < 1.29 is 4.42 Å². The summed E-state index contributed by atoms with van der Waals surface area (Å²) in [7, 11) is 0. The van der Waals surface area contributed by atoms with Gasteiger partial charge in [0.05, 0.1) is 22.2 Å². The molecule has 4 heteroatoms. The number of benzene rings is 9. The van der Waals surface area contributed by atoms with Crippen LogP contribution in [0.5, 0.6) is 0 Å². The van der Waals surface area contributed by atoms with E-state index in [0.29, 0.717) is 5.82 Å². The summed E-state index contributed by atoms with van der Waals surface area (Å²) in [5.41, 5.74) is 11.2. The number of fused-ring (bicyclic) bond motifs is 13. The summed E-state index contributed by atoms with van der Waals surface area (Å²) in [5.74, 6) is 0.702. The summed E-state index contributed by atoms with van der Waals surface area (Å²) in [6.45, 7) is 0. The van der Waals surface area contributed by atoms with Gasteiger partial charge in [-0.05, 0) is 57.6 Å². The van der Waals surface area contributed by atoms with Gasteiger partial charge in [0.1, 0.15) is 5.58 Å². The molecule has 12 aromatic rings. The highest BCUT2D eigenvalue weighted by Crippen LogP contribution is 2.47. The molecule has 260 valence electrons. The Morgan fingerprint density at radius 1 is 0.393 bits per heavy atom. The Morgan fingerprint density at radius 2 is 1.04 bits per heavy atom. The second kappa shape index (κ2) is 12.0. The van der Waals surface area contributed by atoms with Crippen LogP contribution in [0.15, 0.2) is 192 Å². The maximum absolute atomic E-state index is 6.89. The Bertz CT molecular complexity index is 3540. The summed E-state index contributed by atoms with van der Waals surface area (Å²) >= 11 is 0. The summed E-state index contributed by atoms with van der Waals surface area (Å²) in [5, 5.41) is 10.5. The van der Waals surface area contributed by atoms with Crippen LogP contribution in [0, 0.1) is 0 Å².